The first-order chi connectivity index (χ1) is 11.3. The molecule has 0 aliphatic heterocycles. The average molecular weight is 354 g/mol. The van der Waals surface area contributed by atoms with Crippen molar-refractivity contribution in [1.29, 1.82) is 0 Å². The van der Waals surface area contributed by atoms with Crippen LogP contribution in [0.5, 0.6) is 5.75 Å². The molecule has 0 aliphatic carbocycles. The van der Waals surface area contributed by atoms with Gasteiger partial charge in [0.2, 0.25) is 15.9 Å². The topological polar surface area (TPSA) is 75.7 Å². The normalized spacial score (nSPS) is 11.2. The number of nitrogens with one attached hydrogen (secondary N) is 1. The van der Waals surface area contributed by atoms with Gasteiger partial charge in [0.1, 0.15) is 5.75 Å². The van der Waals surface area contributed by atoms with E-state index in [0.717, 1.165) is 5.57 Å². The lowest BCUT2D eigenvalue weighted by molar-refractivity contribution is -0.112. The summed E-state index contributed by atoms with van der Waals surface area (Å²) in [5.74, 6) is 0.111. The molecule has 0 aromatic heterocycles. The second-order valence-electron chi connectivity index (χ2n) is 5.39. The van der Waals surface area contributed by atoms with Crippen molar-refractivity contribution >= 4 is 21.6 Å². The molecule has 0 radical (unpaired) electrons. The molecule has 7 heteroatoms. The van der Waals surface area contributed by atoms with Crippen LogP contribution in [0.4, 0.5) is 5.69 Å². The Morgan fingerprint density at radius 1 is 1.21 bits per heavy atom. The van der Waals surface area contributed by atoms with Gasteiger partial charge < -0.3 is 10.1 Å². The number of ether oxygens (including phenoxy) is 1. The third-order valence-corrected chi connectivity index (χ3v) is 5.32. The number of sulfonamides is 1. The summed E-state index contributed by atoms with van der Waals surface area (Å²) in [6.45, 7) is 10.2. The van der Waals surface area contributed by atoms with Crippen LogP contribution >= 0.6 is 0 Å². The Hall–Kier alpha value is -1.86. The van der Waals surface area contributed by atoms with Crippen LogP contribution in [0.3, 0.4) is 0 Å². The summed E-state index contributed by atoms with van der Waals surface area (Å²) in [4.78, 5) is 12.1. The lowest BCUT2D eigenvalue weighted by atomic mass is 10.2. The third kappa shape index (κ3) is 5.07. The molecule has 1 rings (SSSR count). The maximum absolute atomic E-state index is 12.6. The van der Waals surface area contributed by atoms with E-state index in [1.807, 2.05) is 20.8 Å². The van der Waals surface area contributed by atoms with Crippen LogP contribution in [-0.2, 0) is 14.8 Å². The highest BCUT2D eigenvalue weighted by Gasteiger charge is 2.23. The first-order valence-corrected chi connectivity index (χ1v) is 9.43. The van der Waals surface area contributed by atoms with Gasteiger partial charge in [-0.3, -0.25) is 4.79 Å². The molecule has 24 heavy (non-hydrogen) atoms. The van der Waals surface area contributed by atoms with Gasteiger partial charge in [0, 0.05) is 19.2 Å². The summed E-state index contributed by atoms with van der Waals surface area (Å²) in [5.41, 5.74) is 1.19. The fourth-order valence-corrected chi connectivity index (χ4v) is 3.68. The Morgan fingerprint density at radius 3 is 2.33 bits per heavy atom. The SMILES string of the molecule is CCOc1ccc(S(=O)(=O)N(CC)CC)cc1NC(=O)C=C(C)C. The molecule has 0 atom stereocenters. The summed E-state index contributed by atoms with van der Waals surface area (Å²) in [5, 5.41) is 2.69. The van der Waals surface area contributed by atoms with Crippen molar-refractivity contribution in [1.82, 2.24) is 4.31 Å². The monoisotopic (exact) mass is 354 g/mol. The van der Waals surface area contributed by atoms with Gasteiger partial charge in [-0.05, 0) is 39.0 Å². The molecule has 1 aromatic rings. The maximum Gasteiger partial charge on any atom is 0.248 e. The number of allylic oxidation sites excluding steroid dienone is 1. The van der Waals surface area contributed by atoms with Crippen molar-refractivity contribution in [3.63, 3.8) is 0 Å². The summed E-state index contributed by atoms with van der Waals surface area (Å²) in [6, 6.07) is 4.50. The van der Waals surface area contributed by atoms with Crippen LogP contribution in [-0.4, -0.2) is 38.3 Å². The zero-order valence-corrected chi connectivity index (χ0v) is 15.7. The van der Waals surface area contributed by atoms with E-state index in [4.69, 9.17) is 4.74 Å². The zero-order valence-electron chi connectivity index (χ0n) is 14.9. The third-order valence-electron chi connectivity index (χ3n) is 3.27. The number of anilines is 1. The van der Waals surface area contributed by atoms with Gasteiger partial charge in [0.15, 0.2) is 0 Å². The van der Waals surface area contributed by atoms with Crippen molar-refractivity contribution in [2.24, 2.45) is 0 Å². The average Bonchev–Trinajstić information content (AvgIpc) is 2.49. The number of hydrogen-bond donors (Lipinski definition) is 1. The smallest absolute Gasteiger partial charge is 0.248 e. The number of nitrogens with zero attached hydrogens (tertiary/aromatic N) is 1. The minimum atomic E-state index is -3.60. The lowest BCUT2D eigenvalue weighted by Crippen LogP contribution is -2.30. The number of carbonyl (C=O) groups excluding carboxylic acids is 1. The van der Waals surface area contributed by atoms with Crippen molar-refractivity contribution in [2.75, 3.05) is 25.0 Å². The molecule has 0 bridgehead atoms. The first kappa shape index (κ1) is 20.2. The Bertz CT molecular complexity index is 703. The predicted molar refractivity (Wildman–Crippen MR) is 95.8 cm³/mol. The first-order valence-electron chi connectivity index (χ1n) is 7.99. The molecular weight excluding hydrogens is 328 g/mol. The Labute approximate surface area is 144 Å². The number of rotatable bonds is 8. The van der Waals surface area contributed by atoms with E-state index in [1.165, 1.54) is 22.5 Å². The van der Waals surface area contributed by atoms with Gasteiger partial charge in [0.05, 0.1) is 17.2 Å². The number of carbonyl (C=O) groups is 1. The van der Waals surface area contributed by atoms with Gasteiger partial charge in [-0.2, -0.15) is 4.31 Å². The molecule has 0 heterocycles. The molecule has 0 saturated heterocycles. The van der Waals surface area contributed by atoms with Crippen LogP contribution in [0.2, 0.25) is 0 Å². The van der Waals surface area contributed by atoms with E-state index in [0.29, 0.717) is 31.1 Å². The van der Waals surface area contributed by atoms with E-state index >= 15 is 0 Å². The molecule has 0 fully saturated rings. The Kier molecular flexibility index (Phi) is 7.44. The number of benzene rings is 1. The molecule has 1 amide bonds. The largest absolute Gasteiger partial charge is 0.492 e. The molecule has 0 aliphatic rings. The molecular formula is C17H26N2O4S. The van der Waals surface area contributed by atoms with Crippen LogP contribution in [0.15, 0.2) is 34.7 Å². The van der Waals surface area contributed by atoms with Crippen LogP contribution < -0.4 is 10.1 Å². The summed E-state index contributed by atoms with van der Waals surface area (Å²) < 4.78 is 32.1. The van der Waals surface area contributed by atoms with Crippen LogP contribution in [0, 0.1) is 0 Å². The second-order valence-corrected chi connectivity index (χ2v) is 7.33. The Morgan fingerprint density at radius 2 is 1.83 bits per heavy atom. The lowest BCUT2D eigenvalue weighted by Gasteiger charge is -2.19. The fourth-order valence-electron chi connectivity index (χ4n) is 2.19. The molecule has 0 spiro atoms. The van der Waals surface area contributed by atoms with Gasteiger partial charge in [-0.15, -0.1) is 0 Å². The van der Waals surface area contributed by atoms with Crippen molar-refractivity contribution in [3.05, 3.63) is 29.8 Å². The molecule has 134 valence electrons. The predicted octanol–water partition coefficient (Wildman–Crippen LogP) is 3.02. The van der Waals surface area contributed by atoms with Gasteiger partial charge in [-0.25, -0.2) is 8.42 Å². The highest BCUT2D eigenvalue weighted by atomic mass is 32.2. The highest BCUT2D eigenvalue weighted by molar-refractivity contribution is 7.89. The van der Waals surface area contributed by atoms with Crippen molar-refractivity contribution in [3.8, 4) is 5.75 Å². The fraction of sp³-hybridized carbons (Fsp3) is 0.471. The van der Waals surface area contributed by atoms with Crippen LogP contribution in [0.25, 0.3) is 0 Å². The van der Waals surface area contributed by atoms with E-state index in [1.54, 1.807) is 19.9 Å². The second kappa shape index (κ2) is 8.84. The Balaban J connectivity index is 3.30. The van der Waals surface area contributed by atoms with Crippen molar-refractivity contribution < 1.29 is 17.9 Å². The van der Waals surface area contributed by atoms with Crippen molar-refractivity contribution in [2.45, 2.75) is 39.5 Å². The maximum atomic E-state index is 12.6. The molecule has 0 unspecified atom stereocenters. The van der Waals surface area contributed by atoms with E-state index in [2.05, 4.69) is 5.32 Å². The summed E-state index contributed by atoms with van der Waals surface area (Å²) >= 11 is 0. The van der Waals surface area contributed by atoms with E-state index in [-0.39, 0.29) is 10.8 Å². The highest BCUT2D eigenvalue weighted by Crippen LogP contribution is 2.29. The number of hydrogen-bond acceptors (Lipinski definition) is 4. The molecule has 6 nitrogen and oxygen atoms in total. The van der Waals surface area contributed by atoms with Gasteiger partial charge in [0.25, 0.3) is 0 Å². The zero-order chi connectivity index (χ0) is 18.3. The van der Waals surface area contributed by atoms with Crippen LogP contribution in [0.1, 0.15) is 34.6 Å². The standard InChI is InChI=1S/C17H26N2O4S/c1-6-19(7-2)24(21,22)14-9-10-16(23-8-3)15(12-14)18-17(20)11-13(4)5/h9-12H,6-8H2,1-5H3,(H,18,20). The van der Waals surface area contributed by atoms with E-state index < -0.39 is 10.0 Å². The summed E-state index contributed by atoms with van der Waals surface area (Å²) in [7, 11) is -3.60. The van der Waals surface area contributed by atoms with Gasteiger partial charge >= 0.3 is 0 Å². The molecule has 0 saturated carbocycles. The molecule has 1 N–H and O–H groups in total. The quantitative estimate of drug-likeness (QED) is 0.728. The minimum absolute atomic E-state index is 0.127. The summed E-state index contributed by atoms with van der Waals surface area (Å²) in [6.07, 6.45) is 1.45. The minimum Gasteiger partial charge on any atom is -0.492 e. The molecule has 1 aromatic carbocycles. The van der Waals surface area contributed by atoms with Gasteiger partial charge in [-0.1, -0.05) is 19.4 Å². The van der Waals surface area contributed by atoms with E-state index in [9.17, 15) is 13.2 Å². The number of amides is 1.